The number of rotatable bonds is 4. The Kier molecular flexibility index (Phi) is 4.62. The van der Waals surface area contributed by atoms with Crippen LogP contribution in [-0.4, -0.2) is 43.3 Å². The number of hydrogen-bond acceptors (Lipinski definition) is 3. The van der Waals surface area contributed by atoms with Gasteiger partial charge in [0.15, 0.2) is 0 Å². The van der Waals surface area contributed by atoms with Crippen molar-refractivity contribution in [1.82, 2.24) is 4.90 Å². The molecule has 0 spiro atoms. The maximum atomic E-state index is 5.93. The largest absolute Gasteiger partial charge is 0.378 e. The summed E-state index contributed by atoms with van der Waals surface area (Å²) in [6, 6.07) is 1.23. The molecule has 0 bridgehead atoms. The third-order valence-corrected chi connectivity index (χ3v) is 4.19. The van der Waals surface area contributed by atoms with Gasteiger partial charge in [-0.1, -0.05) is 0 Å². The molecule has 3 heteroatoms. The zero-order valence-electron chi connectivity index (χ0n) is 10.5. The summed E-state index contributed by atoms with van der Waals surface area (Å²) >= 11 is 0. The smallest absolute Gasteiger partial charge is 0.0588 e. The lowest BCUT2D eigenvalue weighted by Crippen LogP contribution is -2.39. The molecule has 1 aliphatic heterocycles. The first kappa shape index (κ1) is 12.3. The van der Waals surface area contributed by atoms with Crippen molar-refractivity contribution in [2.45, 2.75) is 63.1 Å². The van der Waals surface area contributed by atoms with Crippen molar-refractivity contribution in [3.05, 3.63) is 0 Å². The van der Waals surface area contributed by atoms with E-state index in [1.165, 1.54) is 51.5 Å². The highest BCUT2D eigenvalue weighted by Crippen LogP contribution is 2.22. The summed E-state index contributed by atoms with van der Waals surface area (Å²) in [5, 5.41) is 0. The van der Waals surface area contributed by atoms with Gasteiger partial charge in [-0.2, -0.15) is 0 Å². The maximum absolute atomic E-state index is 5.93. The molecule has 16 heavy (non-hydrogen) atoms. The van der Waals surface area contributed by atoms with Crippen molar-refractivity contribution >= 4 is 0 Å². The van der Waals surface area contributed by atoms with E-state index in [0.717, 1.165) is 12.6 Å². The van der Waals surface area contributed by atoms with Gasteiger partial charge in [-0.25, -0.2) is 0 Å². The molecule has 1 saturated carbocycles. The second kappa shape index (κ2) is 5.99. The lowest BCUT2D eigenvalue weighted by molar-refractivity contribution is 0.0850. The third-order valence-electron chi connectivity index (χ3n) is 4.19. The highest BCUT2D eigenvalue weighted by molar-refractivity contribution is 4.80. The van der Waals surface area contributed by atoms with E-state index >= 15 is 0 Å². The van der Waals surface area contributed by atoms with E-state index in [4.69, 9.17) is 10.5 Å². The first-order valence-corrected chi connectivity index (χ1v) is 6.83. The predicted molar refractivity (Wildman–Crippen MR) is 66.5 cm³/mol. The summed E-state index contributed by atoms with van der Waals surface area (Å²) in [5.74, 6) is 0. The van der Waals surface area contributed by atoms with Crippen LogP contribution in [0.3, 0.4) is 0 Å². The van der Waals surface area contributed by atoms with Gasteiger partial charge in [0.1, 0.15) is 0 Å². The van der Waals surface area contributed by atoms with E-state index in [-0.39, 0.29) is 0 Å². The Bertz CT molecular complexity index is 196. The Balaban J connectivity index is 1.64. The zero-order valence-corrected chi connectivity index (χ0v) is 10.5. The molecule has 3 nitrogen and oxygen atoms in total. The molecule has 94 valence electrons. The second-order valence-electron chi connectivity index (χ2n) is 5.47. The van der Waals surface area contributed by atoms with Gasteiger partial charge in [-0.15, -0.1) is 0 Å². The molecule has 1 heterocycles. The molecule has 0 aromatic carbocycles. The normalized spacial score (nSPS) is 35.8. The van der Waals surface area contributed by atoms with E-state index in [9.17, 15) is 0 Å². The van der Waals surface area contributed by atoms with Crippen LogP contribution in [0.5, 0.6) is 0 Å². The fraction of sp³-hybridized carbons (Fsp3) is 1.00. The van der Waals surface area contributed by atoms with Gasteiger partial charge in [-0.05, 0) is 52.0 Å². The molecule has 1 unspecified atom stereocenters. The summed E-state index contributed by atoms with van der Waals surface area (Å²) in [5.41, 5.74) is 5.93. The van der Waals surface area contributed by atoms with Crippen molar-refractivity contribution in [3.63, 3.8) is 0 Å². The molecule has 0 radical (unpaired) electrons. The highest BCUT2D eigenvalue weighted by Gasteiger charge is 2.23. The Hall–Kier alpha value is -0.120. The molecular formula is C13H26N2O. The standard InChI is InChI=1S/C13H26N2O/c1-15(9-8-13-3-2-10-16-13)12-6-4-11(14)5-7-12/h11-13H,2-10,14H2,1H3. The number of nitrogens with two attached hydrogens (primary N) is 1. The van der Waals surface area contributed by atoms with E-state index in [1.807, 2.05) is 0 Å². The fourth-order valence-electron chi connectivity index (χ4n) is 2.94. The second-order valence-corrected chi connectivity index (χ2v) is 5.47. The van der Waals surface area contributed by atoms with E-state index in [0.29, 0.717) is 12.1 Å². The summed E-state index contributed by atoms with van der Waals surface area (Å²) in [7, 11) is 2.26. The number of hydrogen-bond donors (Lipinski definition) is 1. The van der Waals surface area contributed by atoms with Crippen LogP contribution in [0, 0.1) is 0 Å². The molecular weight excluding hydrogens is 200 g/mol. The average Bonchev–Trinajstić information content (AvgIpc) is 2.80. The molecule has 0 aromatic rings. The van der Waals surface area contributed by atoms with Crippen LogP contribution in [0.15, 0.2) is 0 Å². The number of ether oxygens (including phenoxy) is 1. The summed E-state index contributed by atoms with van der Waals surface area (Å²) < 4.78 is 5.66. The summed E-state index contributed by atoms with van der Waals surface area (Å²) in [4.78, 5) is 2.52. The molecule has 2 rings (SSSR count). The van der Waals surface area contributed by atoms with Crippen molar-refractivity contribution in [3.8, 4) is 0 Å². The minimum Gasteiger partial charge on any atom is -0.378 e. The quantitative estimate of drug-likeness (QED) is 0.794. The van der Waals surface area contributed by atoms with Crippen LogP contribution >= 0.6 is 0 Å². The van der Waals surface area contributed by atoms with Gasteiger partial charge in [0.25, 0.3) is 0 Å². The van der Waals surface area contributed by atoms with Gasteiger partial charge in [0, 0.05) is 25.2 Å². The summed E-state index contributed by atoms with van der Waals surface area (Å²) in [6.45, 7) is 2.16. The van der Waals surface area contributed by atoms with Crippen LogP contribution in [0.1, 0.15) is 44.9 Å². The zero-order chi connectivity index (χ0) is 11.4. The lowest BCUT2D eigenvalue weighted by Gasteiger charge is -2.33. The SMILES string of the molecule is CN(CCC1CCCO1)C1CCC(N)CC1. The molecule has 0 aromatic heterocycles. The minimum atomic E-state index is 0.461. The lowest BCUT2D eigenvalue weighted by atomic mass is 9.91. The molecule has 2 fully saturated rings. The Morgan fingerprint density at radius 3 is 2.56 bits per heavy atom. The van der Waals surface area contributed by atoms with Gasteiger partial charge in [0.2, 0.25) is 0 Å². The number of nitrogens with zero attached hydrogens (tertiary/aromatic N) is 1. The van der Waals surface area contributed by atoms with Gasteiger partial charge in [-0.3, -0.25) is 0 Å². The molecule has 1 saturated heterocycles. The topological polar surface area (TPSA) is 38.5 Å². The third kappa shape index (κ3) is 3.44. The Morgan fingerprint density at radius 2 is 1.94 bits per heavy atom. The first-order valence-electron chi connectivity index (χ1n) is 6.83. The monoisotopic (exact) mass is 226 g/mol. The Morgan fingerprint density at radius 1 is 1.19 bits per heavy atom. The summed E-state index contributed by atoms with van der Waals surface area (Å²) in [6.07, 6.45) is 9.24. The molecule has 0 amide bonds. The maximum Gasteiger partial charge on any atom is 0.0588 e. The van der Waals surface area contributed by atoms with Crippen molar-refractivity contribution in [2.24, 2.45) is 5.73 Å². The molecule has 1 atom stereocenters. The minimum absolute atomic E-state index is 0.461. The fourth-order valence-corrected chi connectivity index (χ4v) is 2.94. The van der Waals surface area contributed by atoms with Crippen LogP contribution in [0.4, 0.5) is 0 Å². The van der Waals surface area contributed by atoms with Gasteiger partial charge >= 0.3 is 0 Å². The molecule has 2 N–H and O–H groups in total. The average molecular weight is 226 g/mol. The predicted octanol–water partition coefficient (Wildman–Crippen LogP) is 1.76. The van der Waals surface area contributed by atoms with Crippen LogP contribution < -0.4 is 5.73 Å². The van der Waals surface area contributed by atoms with Gasteiger partial charge < -0.3 is 15.4 Å². The molecule has 2 aliphatic rings. The Labute approximate surface area is 99.3 Å². The van der Waals surface area contributed by atoms with Crippen molar-refractivity contribution < 1.29 is 4.74 Å². The molecule has 1 aliphatic carbocycles. The van der Waals surface area contributed by atoms with E-state index < -0.39 is 0 Å². The van der Waals surface area contributed by atoms with E-state index in [2.05, 4.69) is 11.9 Å². The van der Waals surface area contributed by atoms with Crippen LogP contribution in [0.25, 0.3) is 0 Å². The van der Waals surface area contributed by atoms with Crippen LogP contribution in [0.2, 0.25) is 0 Å². The van der Waals surface area contributed by atoms with Crippen molar-refractivity contribution in [2.75, 3.05) is 20.2 Å². The van der Waals surface area contributed by atoms with Crippen LogP contribution in [-0.2, 0) is 4.74 Å². The van der Waals surface area contributed by atoms with Gasteiger partial charge in [0.05, 0.1) is 6.10 Å². The van der Waals surface area contributed by atoms with Crippen molar-refractivity contribution in [1.29, 1.82) is 0 Å². The first-order chi connectivity index (χ1) is 7.75. The highest BCUT2D eigenvalue weighted by atomic mass is 16.5. The van der Waals surface area contributed by atoms with E-state index in [1.54, 1.807) is 0 Å².